The van der Waals surface area contributed by atoms with Crippen LogP contribution in [0.1, 0.15) is 48.0 Å². The van der Waals surface area contributed by atoms with Crippen LogP contribution in [0.2, 0.25) is 0 Å². The minimum Gasteiger partial charge on any atom is -0.460 e. The summed E-state index contributed by atoms with van der Waals surface area (Å²) in [6.45, 7) is 14.1. The number of carbonyl (C=O) groups excluding carboxylic acids is 2. The summed E-state index contributed by atoms with van der Waals surface area (Å²) in [4.78, 5) is 23.0. The number of carbonyl (C=O) groups is 2. The second-order valence-electron chi connectivity index (χ2n) is 5.87. The molecule has 98 valence electrons. The van der Waals surface area contributed by atoms with E-state index in [1.807, 2.05) is 0 Å². The van der Waals surface area contributed by atoms with Gasteiger partial charge in [-0.05, 0) is 41.5 Å². The Morgan fingerprint density at radius 1 is 0.941 bits per heavy atom. The zero-order valence-corrected chi connectivity index (χ0v) is 11.5. The van der Waals surface area contributed by atoms with Crippen LogP contribution in [0.25, 0.3) is 0 Å². The summed E-state index contributed by atoms with van der Waals surface area (Å²) in [6.07, 6.45) is -0.147. The molecule has 0 bridgehead atoms. The molecule has 0 fully saturated rings. The number of esters is 2. The van der Waals surface area contributed by atoms with Crippen LogP contribution in [-0.2, 0) is 19.1 Å². The SMILES string of the molecule is C=C(CC(=O)OC(C)(C)C)C(=O)OC(C)(C)C. The zero-order chi connectivity index (χ0) is 13.9. The van der Waals surface area contributed by atoms with Gasteiger partial charge in [0.25, 0.3) is 0 Å². The molecule has 0 aliphatic heterocycles. The lowest BCUT2D eigenvalue weighted by atomic mass is 10.1. The van der Waals surface area contributed by atoms with Crippen LogP contribution in [0, 0.1) is 0 Å². The third-order valence-corrected chi connectivity index (χ3v) is 1.47. The second-order valence-corrected chi connectivity index (χ2v) is 5.87. The summed E-state index contributed by atoms with van der Waals surface area (Å²) in [6, 6.07) is 0. The van der Waals surface area contributed by atoms with Gasteiger partial charge < -0.3 is 9.47 Å². The molecule has 0 spiro atoms. The Hall–Kier alpha value is -1.32. The van der Waals surface area contributed by atoms with Crippen molar-refractivity contribution in [2.24, 2.45) is 0 Å². The number of ether oxygens (including phenoxy) is 2. The molecule has 17 heavy (non-hydrogen) atoms. The lowest BCUT2D eigenvalue weighted by Gasteiger charge is -2.22. The number of hydrogen-bond donors (Lipinski definition) is 0. The third-order valence-electron chi connectivity index (χ3n) is 1.47. The molecule has 0 atom stereocenters. The molecule has 0 heterocycles. The Kier molecular flexibility index (Phi) is 4.93. The molecule has 4 nitrogen and oxygen atoms in total. The maximum absolute atomic E-state index is 11.5. The average molecular weight is 242 g/mol. The van der Waals surface area contributed by atoms with Crippen molar-refractivity contribution in [2.45, 2.75) is 59.2 Å². The quantitative estimate of drug-likeness (QED) is 0.564. The monoisotopic (exact) mass is 242 g/mol. The highest BCUT2D eigenvalue weighted by Gasteiger charge is 2.22. The Morgan fingerprint density at radius 2 is 1.35 bits per heavy atom. The van der Waals surface area contributed by atoms with E-state index in [1.165, 1.54) is 0 Å². The molecule has 0 aromatic rings. The van der Waals surface area contributed by atoms with E-state index in [0.717, 1.165) is 0 Å². The minimum atomic E-state index is -0.589. The summed E-state index contributed by atoms with van der Waals surface area (Å²) >= 11 is 0. The van der Waals surface area contributed by atoms with Gasteiger partial charge in [0.2, 0.25) is 0 Å². The van der Waals surface area contributed by atoms with Crippen LogP contribution in [0.3, 0.4) is 0 Å². The van der Waals surface area contributed by atoms with Crippen molar-refractivity contribution >= 4 is 11.9 Å². The van der Waals surface area contributed by atoms with Crippen molar-refractivity contribution < 1.29 is 19.1 Å². The fourth-order valence-corrected chi connectivity index (χ4v) is 0.974. The van der Waals surface area contributed by atoms with Gasteiger partial charge in [-0.15, -0.1) is 0 Å². The van der Waals surface area contributed by atoms with Gasteiger partial charge in [-0.2, -0.15) is 0 Å². The van der Waals surface area contributed by atoms with Crippen molar-refractivity contribution in [1.82, 2.24) is 0 Å². The summed E-state index contributed by atoms with van der Waals surface area (Å²) in [5, 5.41) is 0. The smallest absolute Gasteiger partial charge is 0.334 e. The Labute approximate surface area is 103 Å². The molecule has 0 saturated heterocycles. The van der Waals surface area contributed by atoms with E-state index in [0.29, 0.717) is 0 Å². The molecule has 0 aliphatic rings. The molecule has 0 aliphatic carbocycles. The van der Waals surface area contributed by atoms with E-state index in [-0.39, 0.29) is 12.0 Å². The molecular weight excluding hydrogens is 220 g/mol. The molecule has 0 radical (unpaired) electrons. The first-order valence-corrected chi connectivity index (χ1v) is 5.54. The van der Waals surface area contributed by atoms with Crippen molar-refractivity contribution in [1.29, 1.82) is 0 Å². The van der Waals surface area contributed by atoms with E-state index in [9.17, 15) is 9.59 Å². The normalized spacial score (nSPS) is 11.9. The first-order chi connectivity index (χ1) is 7.41. The standard InChI is InChI=1S/C13H22O4/c1-9(11(15)17-13(5,6)7)8-10(14)16-12(2,3)4/h1,8H2,2-7H3. The second kappa shape index (κ2) is 5.34. The molecule has 0 rings (SSSR count). The van der Waals surface area contributed by atoms with E-state index in [2.05, 4.69) is 6.58 Å². The van der Waals surface area contributed by atoms with Crippen molar-refractivity contribution in [3.8, 4) is 0 Å². The van der Waals surface area contributed by atoms with Gasteiger partial charge in [0, 0.05) is 5.57 Å². The molecule has 4 heteroatoms. The minimum absolute atomic E-state index is 0.106. The van der Waals surface area contributed by atoms with Gasteiger partial charge in [-0.1, -0.05) is 6.58 Å². The maximum atomic E-state index is 11.5. The van der Waals surface area contributed by atoms with Gasteiger partial charge >= 0.3 is 11.9 Å². The molecule has 0 aromatic heterocycles. The topological polar surface area (TPSA) is 52.6 Å². The largest absolute Gasteiger partial charge is 0.460 e. The van der Waals surface area contributed by atoms with Crippen molar-refractivity contribution in [2.75, 3.05) is 0 Å². The first-order valence-electron chi connectivity index (χ1n) is 5.54. The summed E-state index contributed by atoms with van der Waals surface area (Å²) in [7, 11) is 0. The fraction of sp³-hybridized carbons (Fsp3) is 0.692. The first kappa shape index (κ1) is 15.7. The van der Waals surface area contributed by atoms with Crippen LogP contribution < -0.4 is 0 Å². The highest BCUT2D eigenvalue weighted by molar-refractivity contribution is 5.93. The molecule has 0 saturated carbocycles. The van der Waals surface area contributed by atoms with Gasteiger partial charge in [0.15, 0.2) is 0 Å². The van der Waals surface area contributed by atoms with Crippen LogP contribution in [0.15, 0.2) is 12.2 Å². The maximum Gasteiger partial charge on any atom is 0.334 e. The summed E-state index contributed by atoms with van der Waals surface area (Å²) in [5.74, 6) is -1.04. The Morgan fingerprint density at radius 3 is 1.71 bits per heavy atom. The van der Waals surface area contributed by atoms with E-state index in [1.54, 1.807) is 41.5 Å². The van der Waals surface area contributed by atoms with Crippen LogP contribution in [0.4, 0.5) is 0 Å². The Balaban J connectivity index is 4.28. The Bertz CT molecular complexity index is 315. The van der Waals surface area contributed by atoms with E-state index in [4.69, 9.17) is 9.47 Å². The molecule has 0 unspecified atom stereocenters. The third kappa shape index (κ3) is 8.48. The van der Waals surface area contributed by atoms with Crippen LogP contribution >= 0.6 is 0 Å². The molecule has 0 amide bonds. The van der Waals surface area contributed by atoms with Crippen LogP contribution in [-0.4, -0.2) is 23.1 Å². The molecular formula is C13H22O4. The lowest BCUT2D eigenvalue weighted by molar-refractivity contribution is -0.157. The highest BCUT2D eigenvalue weighted by Crippen LogP contribution is 2.14. The predicted octanol–water partition coefficient (Wildman–Crippen LogP) is 2.62. The highest BCUT2D eigenvalue weighted by atomic mass is 16.6. The van der Waals surface area contributed by atoms with Gasteiger partial charge in [-0.3, -0.25) is 4.79 Å². The predicted molar refractivity (Wildman–Crippen MR) is 65.4 cm³/mol. The zero-order valence-electron chi connectivity index (χ0n) is 11.5. The lowest BCUT2D eigenvalue weighted by Crippen LogP contribution is -2.27. The van der Waals surface area contributed by atoms with Crippen molar-refractivity contribution in [3.63, 3.8) is 0 Å². The summed E-state index contributed by atoms with van der Waals surface area (Å²) in [5.41, 5.74) is -1.05. The molecule has 0 N–H and O–H groups in total. The van der Waals surface area contributed by atoms with E-state index < -0.39 is 23.1 Å². The summed E-state index contributed by atoms with van der Waals surface area (Å²) < 4.78 is 10.2. The molecule has 0 aromatic carbocycles. The number of rotatable bonds is 3. The van der Waals surface area contributed by atoms with Gasteiger partial charge in [-0.25, -0.2) is 4.79 Å². The van der Waals surface area contributed by atoms with Crippen LogP contribution in [0.5, 0.6) is 0 Å². The van der Waals surface area contributed by atoms with E-state index >= 15 is 0 Å². The van der Waals surface area contributed by atoms with Gasteiger partial charge in [0.05, 0.1) is 6.42 Å². The average Bonchev–Trinajstić information content (AvgIpc) is 1.95. The fourth-order valence-electron chi connectivity index (χ4n) is 0.974. The van der Waals surface area contributed by atoms with Gasteiger partial charge in [0.1, 0.15) is 11.2 Å². The van der Waals surface area contributed by atoms with Crippen molar-refractivity contribution in [3.05, 3.63) is 12.2 Å². The number of hydrogen-bond acceptors (Lipinski definition) is 4.